The van der Waals surface area contributed by atoms with E-state index in [2.05, 4.69) is 34.9 Å². The number of nitrogens with one attached hydrogen (secondary N) is 2. The second kappa shape index (κ2) is 14.4. The first kappa shape index (κ1) is 32.7. The van der Waals surface area contributed by atoms with Crippen molar-refractivity contribution < 1.29 is 19.1 Å². The van der Waals surface area contributed by atoms with E-state index in [0.717, 1.165) is 35.5 Å². The van der Waals surface area contributed by atoms with Crippen LogP contribution in [0.3, 0.4) is 0 Å². The second-order valence-electron chi connectivity index (χ2n) is 12.7. The SMILES string of the molecule is Cc1ccc(C)c(OCCCC(C)(C)C(=O)Nc2ccc(NC(=O)C(C)(C)CCCOc3cc(C)ccc3C)cc2)c1. The van der Waals surface area contributed by atoms with E-state index in [1.807, 2.05) is 91.8 Å². The van der Waals surface area contributed by atoms with Crippen LogP contribution in [-0.4, -0.2) is 25.0 Å². The summed E-state index contributed by atoms with van der Waals surface area (Å²) in [6.07, 6.45) is 2.93. The Morgan fingerprint density at radius 2 is 0.952 bits per heavy atom. The van der Waals surface area contributed by atoms with E-state index in [4.69, 9.17) is 9.47 Å². The van der Waals surface area contributed by atoms with E-state index in [9.17, 15) is 9.59 Å². The molecule has 0 unspecified atom stereocenters. The predicted molar refractivity (Wildman–Crippen MR) is 173 cm³/mol. The van der Waals surface area contributed by atoms with Gasteiger partial charge in [0.05, 0.1) is 13.2 Å². The molecule has 0 aromatic heterocycles. The van der Waals surface area contributed by atoms with Gasteiger partial charge in [-0.05, 0) is 112 Å². The molecule has 6 nitrogen and oxygen atoms in total. The summed E-state index contributed by atoms with van der Waals surface area (Å²) in [5.41, 5.74) is 4.84. The summed E-state index contributed by atoms with van der Waals surface area (Å²) in [5, 5.41) is 6.03. The third-order valence-electron chi connectivity index (χ3n) is 7.72. The van der Waals surface area contributed by atoms with Gasteiger partial charge in [-0.25, -0.2) is 0 Å². The van der Waals surface area contributed by atoms with Gasteiger partial charge >= 0.3 is 0 Å². The standard InChI is InChI=1S/C36H48N2O4/c1-25-11-13-27(3)31(23-25)41-21-9-19-35(5,6)33(39)37-29-15-17-30(18-16-29)38-34(40)36(7,8)20-10-22-42-32-24-26(2)12-14-28(32)4/h11-18,23-24H,9-10,19-22H2,1-8H3,(H,37,39)(H,38,40). The number of rotatable bonds is 14. The maximum Gasteiger partial charge on any atom is 0.230 e. The summed E-state index contributed by atoms with van der Waals surface area (Å²) < 4.78 is 11.9. The van der Waals surface area contributed by atoms with Gasteiger partial charge in [0.1, 0.15) is 11.5 Å². The zero-order chi connectivity index (χ0) is 30.9. The fraction of sp³-hybridized carbons (Fsp3) is 0.444. The first-order chi connectivity index (χ1) is 19.8. The Balaban J connectivity index is 1.42. The van der Waals surface area contributed by atoms with Crippen LogP contribution in [0.1, 0.15) is 75.6 Å². The summed E-state index contributed by atoms with van der Waals surface area (Å²) in [6.45, 7) is 17.1. The average Bonchev–Trinajstić information content (AvgIpc) is 2.93. The fourth-order valence-electron chi connectivity index (χ4n) is 4.58. The van der Waals surface area contributed by atoms with Gasteiger partial charge in [-0.1, -0.05) is 52.0 Å². The average molecular weight is 573 g/mol. The largest absolute Gasteiger partial charge is 0.493 e. The molecule has 0 fully saturated rings. The quantitative estimate of drug-likeness (QED) is 0.190. The Morgan fingerprint density at radius 1 is 0.595 bits per heavy atom. The number of amides is 2. The van der Waals surface area contributed by atoms with Gasteiger partial charge in [0.25, 0.3) is 0 Å². The monoisotopic (exact) mass is 572 g/mol. The van der Waals surface area contributed by atoms with Crippen molar-refractivity contribution in [2.24, 2.45) is 10.8 Å². The van der Waals surface area contributed by atoms with Crippen LogP contribution < -0.4 is 20.1 Å². The summed E-state index contributed by atoms with van der Waals surface area (Å²) in [7, 11) is 0. The van der Waals surface area contributed by atoms with Crippen molar-refractivity contribution in [3.05, 3.63) is 82.9 Å². The molecular formula is C36H48N2O4. The van der Waals surface area contributed by atoms with E-state index in [1.54, 1.807) is 0 Å². The molecule has 0 aliphatic rings. The van der Waals surface area contributed by atoms with Gasteiger partial charge < -0.3 is 20.1 Å². The highest BCUT2D eigenvalue weighted by Gasteiger charge is 2.28. The fourth-order valence-corrected chi connectivity index (χ4v) is 4.58. The van der Waals surface area contributed by atoms with E-state index >= 15 is 0 Å². The number of carbonyl (C=O) groups excluding carboxylic acids is 2. The third kappa shape index (κ3) is 9.64. The number of anilines is 2. The molecule has 3 aromatic rings. The minimum absolute atomic E-state index is 0.0461. The summed E-state index contributed by atoms with van der Waals surface area (Å²) in [6, 6.07) is 19.6. The molecule has 6 heteroatoms. The van der Waals surface area contributed by atoms with Crippen LogP contribution in [0.2, 0.25) is 0 Å². The molecule has 0 heterocycles. The van der Waals surface area contributed by atoms with Crippen LogP contribution >= 0.6 is 0 Å². The third-order valence-corrected chi connectivity index (χ3v) is 7.72. The van der Waals surface area contributed by atoms with Crippen LogP contribution in [0.4, 0.5) is 11.4 Å². The smallest absolute Gasteiger partial charge is 0.230 e. The van der Waals surface area contributed by atoms with Crippen molar-refractivity contribution in [3.8, 4) is 11.5 Å². The Hall–Kier alpha value is -3.80. The van der Waals surface area contributed by atoms with Crippen LogP contribution in [0.5, 0.6) is 11.5 Å². The number of ether oxygens (including phenoxy) is 2. The van der Waals surface area contributed by atoms with Crippen molar-refractivity contribution in [1.82, 2.24) is 0 Å². The zero-order valence-electron chi connectivity index (χ0n) is 26.6. The van der Waals surface area contributed by atoms with Crippen molar-refractivity contribution in [3.63, 3.8) is 0 Å². The Bertz CT molecular complexity index is 1250. The van der Waals surface area contributed by atoms with Gasteiger partial charge in [-0.2, -0.15) is 0 Å². The molecule has 3 aromatic carbocycles. The Labute approximate surface area is 252 Å². The maximum absolute atomic E-state index is 13.0. The predicted octanol–water partition coefficient (Wildman–Crippen LogP) is 8.57. The van der Waals surface area contributed by atoms with Crippen molar-refractivity contribution in [2.45, 2.75) is 81.1 Å². The number of aryl methyl sites for hydroxylation is 4. The summed E-state index contributed by atoms with van der Waals surface area (Å²) in [4.78, 5) is 26.0. The van der Waals surface area contributed by atoms with E-state index < -0.39 is 10.8 Å². The first-order valence-corrected chi connectivity index (χ1v) is 14.9. The molecule has 2 N–H and O–H groups in total. The van der Waals surface area contributed by atoms with Crippen molar-refractivity contribution >= 4 is 23.2 Å². The lowest BCUT2D eigenvalue weighted by atomic mass is 9.86. The topological polar surface area (TPSA) is 76.7 Å². The van der Waals surface area contributed by atoms with E-state index in [0.29, 0.717) is 37.4 Å². The van der Waals surface area contributed by atoms with Gasteiger partial charge in [-0.3, -0.25) is 9.59 Å². The highest BCUT2D eigenvalue weighted by molar-refractivity contribution is 5.96. The lowest BCUT2D eigenvalue weighted by Crippen LogP contribution is -2.31. The minimum atomic E-state index is -0.552. The van der Waals surface area contributed by atoms with Gasteiger partial charge in [0, 0.05) is 22.2 Å². The molecule has 42 heavy (non-hydrogen) atoms. The summed E-state index contributed by atoms with van der Waals surface area (Å²) >= 11 is 0. The van der Waals surface area contributed by atoms with Crippen LogP contribution in [0.25, 0.3) is 0 Å². The van der Waals surface area contributed by atoms with E-state index in [-0.39, 0.29) is 11.8 Å². The van der Waals surface area contributed by atoms with Gasteiger partial charge in [0.15, 0.2) is 0 Å². The van der Waals surface area contributed by atoms with Crippen LogP contribution in [-0.2, 0) is 9.59 Å². The van der Waals surface area contributed by atoms with Crippen molar-refractivity contribution in [2.75, 3.05) is 23.8 Å². The molecule has 0 spiro atoms. The van der Waals surface area contributed by atoms with Crippen LogP contribution in [0, 0.1) is 38.5 Å². The number of hydrogen-bond donors (Lipinski definition) is 2. The molecule has 2 amide bonds. The Kier molecular flexibility index (Phi) is 11.2. The molecular weight excluding hydrogens is 524 g/mol. The molecule has 0 aliphatic carbocycles. The summed E-state index contributed by atoms with van der Waals surface area (Å²) in [5.74, 6) is 1.70. The van der Waals surface area contributed by atoms with Gasteiger partial charge in [0.2, 0.25) is 11.8 Å². The van der Waals surface area contributed by atoms with Gasteiger partial charge in [-0.15, -0.1) is 0 Å². The lowest BCUT2D eigenvalue weighted by molar-refractivity contribution is -0.125. The van der Waals surface area contributed by atoms with Crippen molar-refractivity contribution in [1.29, 1.82) is 0 Å². The van der Waals surface area contributed by atoms with Crippen LogP contribution in [0.15, 0.2) is 60.7 Å². The molecule has 0 saturated carbocycles. The highest BCUT2D eigenvalue weighted by atomic mass is 16.5. The molecule has 0 radical (unpaired) electrons. The molecule has 0 saturated heterocycles. The molecule has 226 valence electrons. The second-order valence-corrected chi connectivity index (χ2v) is 12.7. The molecule has 3 rings (SSSR count). The lowest BCUT2D eigenvalue weighted by Gasteiger charge is -2.24. The number of hydrogen-bond acceptors (Lipinski definition) is 4. The molecule has 0 aliphatic heterocycles. The highest BCUT2D eigenvalue weighted by Crippen LogP contribution is 2.28. The zero-order valence-corrected chi connectivity index (χ0v) is 26.6. The van der Waals surface area contributed by atoms with E-state index in [1.165, 1.54) is 11.1 Å². The number of carbonyl (C=O) groups is 2. The minimum Gasteiger partial charge on any atom is -0.493 e. The molecule has 0 bridgehead atoms. The number of benzene rings is 3. The first-order valence-electron chi connectivity index (χ1n) is 14.9. The molecule has 0 atom stereocenters. The normalized spacial score (nSPS) is 11.6. The Morgan fingerprint density at radius 3 is 1.31 bits per heavy atom. The maximum atomic E-state index is 13.0.